The van der Waals surface area contributed by atoms with E-state index in [1.807, 2.05) is 0 Å². The molecule has 58 heavy (non-hydrogen) atoms. The molecule has 1 unspecified atom stereocenters. The number of fused-ring (bicyclic) bond motifs is 3. The van der Waals surface area contributed by atoms with Crippen molar-refractivity contribution in [1.82, 2.24) is 0 Å². The molecule has 2 aliphatic carbocycles. The molecule has 8 rings (SSSR count). The Morgan fingerprint density at radius 3 is 1.59 bits per heavy atom. The van der Waals surface area contributed by atoms with Crippen LogP contribution in [0.4, 0.5) is 0 Å². The average molecular weight is 836 g/mol. The number of hydrogen-bond donors (Lipinski definition) is 0. The molecule has 6 aromatic carbocycles. The van der Waals surface area contributed by atoms with Crippen LogP contribution in [-0.2, 0) is 27.7 Å². The third-order valence-electron chi connectivity index (χ3n) is 12.9. The third-order valence-corrected chi connectivity index (χ3v) is 20.8. The third kappa shape index (κ3) is 7.39. The molecule has 0 nitrogen and oxygen atoms in total. The summed E-state index contributed by atoms with van der Waals surface area (Å²) < 4.78 is 4.97. The Kier molecular flexibility index (Phi) is 10.9. The van der Waals surface area contributed by atoms with Gasteiger partial charge in [-0.1, -0.05) is 0 Å². The van der Waals surface area contributed by atoms with Crippen molar-refractivity contribution in [3.8, 4) is 33.4 Å². The van der Waals surface area contributed by atoms with Crippen LogP contribution in [0.3, 0.4) is 0 Å². The van der Waals surface area contributed by atoms with E-state index in [9.17, 15) is 0 Å². The van der Waals surface area contributed by atoms with Gasteiger partial charge in [-0.25, -0.2) is 0 Å². The van der Waals surface area contributed by atoms with Gasteiger partial charge in [-0.15, -0.1) is 0 Å². The van der Waals surface area contributed by atoms with E-state index in [1.54, 1.807) is 15.3 Å². The molecule has 0 bridgehead atoms. The fourth-order valence-electron chi connectivity index (χ4n) is 10.2. The SMILES string of the molecule is CCC1C=C(C(C)(C)C)C=[C]1[Zr](=[C](c1ccc(C)cc1)c1ccc(C)cc1)[c]1c(-c2c(C)cc(C)cc2C)ccc2c1Cc1cc(-c3c(C)cc(C)cc3C)ccc1-2. The van der Waals surface area contributed by atoms with E-state index >= 15 is 0 Å². The van der Waals surface area contributed by atoms with Gasteiger partial charge < -0.3 is 0 Å². The van der Waals surface area contributed by atoms with Crippen molar-refractivity contribution in [2.75, 3.05) is 0 Å². The topological polar surface area (TPSA) is 0 Å². The Hall–Kier alpha value is -4.45. The van der Waals surface area contributed by atoms with Crippen LogP contribution in [0.25, 0.3) is 33.4 Å². The van der Waals surface area contributed by atoms with Crippen LogP contribution in [0.1, 0.15) is 101 Å². The van der Waals surface area contributed by atoms with E-state index in [1.165, 1.54) is 100 Å². The van der Waals surface area contributed by atoms with Crippen LogP contribution < -0.4 is 3.27 Å². The Balaban J connectivity index is 1.52. The maximum absolute atomic E-state index is 3.18. The zero-order valence-electron chi connectivity index (χ0n) is 37.0. The molecule has 0 radical (unpaired) electrons. The summed E-state index contributed by atoms with van der Waals surface area (Å²) in [6, 6.07) is 40.9. The Labute approximate surface area is 357 Å². The zero-order valence-corrected chi connectivity index (χ0v) is 39.4. The van der Waals surface area contributed by atoms with Crippen molar-refractivity contribution in [2.24, 2.45) is 11.3 Å². The van der Waals surface area contributed by atoms with Crippen LogP contribution in [0, 0.1) is 66.7 Å². The fraction of sp³-hybridized carbons (Fsp3) is 0.281. The molecule has 0 saturated heterocycles. The first kappa shape index (κ1) is 40.3. The standard InChI is InChI=1S/C31H29.C15H14.C11H17.Zr/c1-18-11-20(3)30(21(4)12-18)24-7-9-28-26(15-24)17-27-16-25(8-10-29(27)28)31-22(5)13-19(2)14-23(31)6;1-12-3-7-14(8-4-12)11-15-9-5-13(2)6-10-15;1-5-9-6-7-10(8-9)11(2,3)4;/h7-15H,17H2,1-6H3;3-10H,1-2H3;7-9H,5H2,1-4H3;. The van der Waals surface area contributed by atoms with E-state index in [-0.39, 0.29) is 5.41 Å². The fourth-order valence-corrected chi connectivity index (χ4v) is 19.3. The molecule has 0 aromatic heterocycles. The molecular weight excluding hydrogens is 776 g/mol. The summed E-state index contributed by atoms with van der Waals surface area (Å²) in [5.74, 6) is 0.418. The molecule has 0 heterocycles. The summed E-state index contributed by atoms with van der Waals surface area (Å²) in [6.07, 6.45) is 7.41. The monoisotopic (exact) mass is 834 g/mol. The molecule has 292 valence electrons. The zero-order chi connectivity index (χ0) is 41.2. The molecule has 1 heteroatoms. The number of hydrogen-bond acceptors (Lipinski definition) is 0. The van der Waals surface area contributed by atoms with Crippen molar-refractivity contribution in [1.29, 1.82) is 0 Å². The van der Waals surface area contributed by atoms with Crippen molar-refractivity contribution in [3.63, 3.8) is 0 Å². The molecule has 0 N–H and O–H groups in total. The summed E-state index contributed by atoms with van der Waals surface area (Å²) in [6.45, 7) is 27.7. The Morgan fingerprint density at radius 1 is 0.569 bits per heavy atom. The van der Waals surface area contributed by atoms with E-state index in [0.717, 1.165) is 12.8 Å². The number of allylic oxidation sites excluding steroid dienone is 4. The van der Waals surface area contributed by atoms with Crippen molar-refractivity contribution < 1.29 is 21.3 Å². The number of benzene rings is 6. The van der Waals surface area contributed by atoms with Gasteiger partial charge in [0.05, 0.1) is 0 Å². The van der Waals surface area contributed by atoms with Gasteiger partial charge in [0.15, 0.2) is 0 Å². The van der Waals surface area contributed by atoms with Gasteiger partial charge in [0, 0.05) is 0 Å². The summed E-state index contributed by atoms with van der Waals surface area (Å²) >= 11 is -3.18. The quantitative estimate of drug-likeness (QED) is 0.150. The normalized spacial score (nSPS) is 14.6. The van der Waals surface area contributed by atoms with Gasteiger partial charge in [-0.2, -0.15) is 0 Å². The molecule has 0 spiro atoms. The first-order valence-corrected chi connectivity index (χ1v) is 25.1. The second kappa shape index (κ2) is 15.6. The first-order valence-electron chi connectivity index (χ1n) is 21.4. The molecule has 0 aliphatic heterocycles. The van der Waals surface area contributed by atoms with E-state index in [0.29, 0.717) is 5.92 Å². The van der Waals surface area contributed by atoms with Gasteiger partial charge in [-0.05, 0) is 0 Å². The van der Waals surface area contributed by atoms with Gasteiger partial charge >= 0.3 is 359 Å². The summed E-state index contributed by atoms with van der Waals surface area (Å²) in [7, 11) is 0. The summed E-state index contributed by atoms with van der Waals surface area (Å²) in [5, 5.41) is 0. The molecule has 6 aromatic rings. The number of aryl methyl sites for hydroxylation is 8. The van der Waals surface area contributed by atoms with E-state index < -0.39 is 21.3 Å². The van der Waals surface area contributed by atoms with Crippen molar-refractivity contribution >= 4 is 6.48 Å². The molecule has 0 amide bonds. The van der Waals surface area contributed by atoms with Gasteiger partial charge in [0.2, 0.25) is 0 Å². The van der Waals surface area contributed by atoms with E-state index in [4.69, 9.17) is 0 Å². The molecule has 2 aliphatic rings. The van der Waals surface area contributed by atoms with Gasteiger partial charge in [0.25, 0.3) is 0 Å². The second-order valence-corrected chi connectivity index (χ2v) is 24.3. The minimum absolute atomic E-state index is 0.0712. The maximum atomic E-state index is 2.70. The summed E-state index contributed by atoms with van der Waals surface area (Å²) in [5.41, 5.74) is 26.5. The van der Waals surface area contributed by atoms with Crippen LogP contribution in [0.2, 0.25) is 0 Å². The van der Waals surface area contributed by atoms with Crippen LogP contribution in [-0.4, -0.2) is 3.21 Å². The van der Waals surface area contributed by atoms with Crippen molar-refractivity contribution in [3.05, 3.63) is 191 Å². The predicted molar refractivity (Wildman–Crippen MR) is 249 cm³/mol. The summed E-state index contributed by atoms with van der Waals surface area (Å²) in [4.78, 5) is 0. The number of rotatable bonds is 7. The second-order valence-electron chi connectivity index (χ2n) is 18.6. The van der Waals surface area contributed by atoms with Crippen molar-refractivity contribution in [2.45, 2.75) is 95.9 Å². The molecule has 0 saturated carbocycles. The average Bonchev–Trinajstić information content (AvgIpc) is 3.76. The van der Waals surface area contributed by atoms with Crippen LogP contribution >= 0.6 is 0 Å². The Bertz CT molecular complexity index is 2610. The minimum atomic E-state index is -3.18. The van der Waals surface area contributed by atoms with Gasteiger partial charge in [-0.3, -0.25) is 0 Å². The molecule has 1 atom stereocenters. The Morgan fingerprint density at radius 2 is 1.07 bits per heavy atom. The van der Waals surface area contributed by atoms with Crippen LogP contribution in [0.15, 0.2) is 124 Å². The molecular formula is C57H60Zr. The molecule has 0 fully saturated rings. The van der Waals surface area contributed by atoms with E-state index in [2.05, 4.69) is 198 Å². The van der Waals surface area contributed by atoms with Crippen LogP contribution in [0.5, 0.6) is 0 Å². The predicted octanol–water partition coefficient (Wildman–Crippen LogP) is 14.5. The van der Waals surface area contributed by atoms with Gasteiger partial charge in [0.1, 0.15) is 0 Å². The first-order chi connectivity index (χ1) is 27.6.